The van der Waals surface area contributed by atoms with Crippen LogP contribution in [-0.4, -0.2) is 28.3 Å². The number of nitrogens with zero attached hydrogens (tertiary/aromatic N) is 2. The van der Waals surface area contributed by atoms with Crippen LogP contribution in [0.2, 0.25) is 0 Å². The Hall–Kier alpha value is -1.75. The SMILES string of the molecule is CC(C)Cc1nc2cc3c(cc2n1CC(C)(C)N)OCCO3. The van der Waals surface area contributed by atoms with E-state index >= 15 is 0 Å². The van der Waals surface area contributed by atoms with E-state index in [1.165, 1.54) is 0 Å². The fourth-order valence-electron chi connectivity index (χ4n) is 2.82. The molecular weight excluding hydrogens is 278 g/mol. The molecule has 0 aliphatic carbocycles. The van der Waals surface area contributed by atoms with Crippen LogP contribution in [0.25, 0.3) is 11.0 Å². The summed E-state index contributed by atoms with van der Waals surface area (Å²) in [6, 6.07) is 4.01. The van der Waals surface area contributed by atoms with E-state index in [0.29, 0.717) is 19.1 Å². The van der Waals surface area contributed by atoms with Gasteiger partial charge in [-0.1, -0.05) is 13.8 Å². The van der Waals surface area contributed by atoms with Crippen LogP contribution in [0.15, 0.2) is 12.1 Å². The average Bonchev–Trinajstić information content (AvgIpc) is 2.71. The number of rotatable bonds is 4. The smallest absolute Gasteiger partial charge is 0.163 e. The second-order valence-electron chi connectivity index (χ2n) is 7.19. The van der Waals surface area contributed by atoms with Crippen LogP contribution in [-0.2, 0) is 13.0 Å². The van der Waals surface area contributed by atoms with E-state index in [1.54, 1.807) is 0 Å². The molecule has 2 aromatic rings. The minimum absolute atomic E-state index is 0.299. The zero-order valence-corrected chi connectivity index (χ0v) is 13.8. The predicted molar refractivity (Wildman–Crippen MR) is 87.5 cm³/mol. The molecule has 0 bridgehead atoms. The van der Waals surface area contributed by atoms with Gasteiger partial charge in [-0.3, -0.25) is 0 Å². The Balaban J connectivity index is 2.13. The first-order valence-electron chi connectivity index (χ1n) is 7.91. The van der Waals surface area contributed by atoms with Crippen molar-refractivity contribution in [1.29, 1.82) is 0 Å². The van der Waals surface area contributed by atoms with E-state index in [2.05, 4.69) is 18.4 Å². The van der Waals surface area contributed by atoms with Crippen molar-refractivity contribution < 1.29 is 9.47 Å². The van der Waals surface area contributed by atoms with Gasteiger partial charge in [0.25, 0.3) is 0 Å². The van der Waals surface area contributed by atoms with Crippen molar-refractivity contribution in [2.45, 2.75) is 46.2 Å². The Morgan fingerprint density at radius 1 is 1.23 bits per heavy atom. The molecule has 2 N–H and O–H groups in total. The number of hydrogen-bond donors (Lipinski definition) is 1. The summed E-state index contributed by atoms with van der Waals surface area (Å²) in [6.45, 7) is 10.4. The molecule has 1 aliphatic heterocycles. The van der Waals surface area contributed by atoms with Gasteiger partial charge in [0, 0.05) is 30.6 Å². The molecule has 1 aromatic heterocycles. The fraction of sp³-hybridized carbons (Fsp3) is 0.588. The average molecular weight is 303 g/mol. The van der Waals surface area contributed by atoms with Crippen molar-refractivity contribution in [1.82, 2.24) is 9.55 Å². The van der Waals surface area contributed by atoms with Crippen molar-refractivity contribution >= 4 is 11.0 Å². The Morgan fingerprint density at radius 3 is 2.45 bits per heavy atom. The van der Waals surface area contributed by atoms with Gasteiger partial charge >= 0.3 is 0 Å². The topological polar surface area (TPSA) is 62.3 Å². The molecule has 0 spiro atoms. The molecule has 0 fully saturated rings. The van der Waals surface area contributed by atoms with Crippen LogP contribution < -0.4 is 15.2 Å². The van der Waals surface area contributed by atoms with Crippen molar-refractivity contribution in [2.24, 2.45) is 11.7 Å². The molecule has 0 radical (unpaired) electrons. The third-order valence-electron chi connectivity index (χ3n) is 3.65. The molecule has 0 saturated carbocycles. The highest BCUT2D eigenvalue weighted by Crippen LogP contribution is 2.35. The summed E-state index contributed by atoms with van der Waals surface area (Å²) < 4.78 is 13.6. The Morgan fingerprint density at radius 2 is 1.86 bits per heavy atom. The number of aromatic nitrogens is 2. The van der Waals surface area contributed by atoms with Crippen LogP contribution in [0, 0.1) is 5.92 Å². The minimum Gasteiger partial charge on any atom is -0.486 e. The lowest BCUT2D eigenvalue weighted by molar-refractivity contribution is 0.172. The van der Waals surface area contributed by atoms with Gasteiger partial charge < -0.3 is 19.8 Å². The van der Waals surface area contributed by atoms with Crippen molar-refractivity contribution in [3.8, 4) is 11.5 Å². The molecule has 0 atom stereocenters. The molecule has 0 amide bonds. The van der Waals surface area contributed by atoms with E-state index in [1.807, 2.05) is 26.0 Å². The van der Waals surface area contributed by atoms with Crippen LogP contribution in [0.1, 0.15) is 33.5 Å². The molecule has 120 valence electrons. The quantitative estimate of drug-likeness (QED) is 0.943. The summed E-state index contributed by atoms with van der Waals surface area (Å²) in [5, 5.41) is 0. The summed E-state index contributed by atoms with van der Waals surface area (Å²) in [5.41, 5.74) is 7.97. The lowest BCUT2D eigenvalue weighted by atomic mass is 10.1. The molecule has 1 aromatic carbocycles. The van der Waals surface area contributed by atoms with Gasteiger partial charge in [0.05, 0.1) is 11.0 Å². The maximum atomic E-state index is 6.25. The van der Waals surface area contributed by atoms with E-state index in [9.17, 15) is 0 Å². The summed E-state index contributed by atoms with van der Waals surface area (Å²) in [7, 11) is 0. The van der Waals surface area contributed by atoms with Crippen LogP contribution in [0.3, 0.4) is 0 Å². The standard InChI is InChI=1S/C17H25N3O2/c1-11(2)7-16-19-12-8-14-15(22-6-5-21-14)9-13(12)20(16)10-17(3,4)18/h8-9,11H,5-7,10,18H2,1-4H3. The summed E-state index contributed by atoms with van der Waals surface area (Å²) in [6.07, 6.45) is 0.928. The van der Waals surface area contributed by atoms with Gasteiger partial charge in [-0.15, -0.1) is 0 Å². The number of nitrogens with two attached hydrogens (primary N) is 1. The second-order valence-corrected chi connectivity index (χ2v) is 7.19. The molecule has 0 unspecified atom stereocenters. The lowest BCUT2D eigenvalue weighted by Crippen LogP contribution is -2.37. The van der Waals surface area contributed by atoms with Gasteiger partial charge in [-0.25, -0.2) is 4.98 Å². The summed E-state index contributed by atoms with van der Waals surface area (Å²) in [5.74, 6) is 3.20. The monoisotopic (exact) mass is 303 g/mol. The molecular formula is C17H25N3O2. The first kappa shape index (κ1) is 15.2. The largest absolute Gasteiger partial charge is 0.486 e. The Bertz CT molecular complexity index is 683. The first-order chi connectivity index (χ1) is 10.3. The fourth-order valence-corrected chi connectivity index (χ4v) is 2.82. The zero-order valence-electron chi connectivity index (χ0n) is 13.8. The van der Waals surface area contributed by atoms with Gasteiger partial charge in [0.15, 0.2) is 11.5 Å². The number of fused-ring (bicyclic) bond motifs is 2. The lowest BCUT2D eigenvalue weighted by Gasteiger charge is -2.22. The highest BCUT2D eigenvalue weighted by molar-refractivity contribution is 5.81. The first-order valence-corrected chi connectivity index (χ1v) is 7.91. The Labute approximate surface area is 131 Å². The summed E-state index contributed by atoms with van der Waals surface area (Å²) in [4.78, 5) is 4.82. The van der Waals surface area contributed by atoms with Crippen LogP contribution in [0.4, 0.5) is 0 Å². The zero-order chi connectivity index (χ0) is 15.9. The highest BCUT2D eigenvalue weighted by Gasteiger charge is 2.21. The van der Waals surface area contributed by atoms with E-state index in [-0.39, 0.29) is 5.54 Å². The maximum Gasteiger partial charge on any atom is 0.163 e. The van der Waals surface area contributed by atoms with E-state index < -0.39 is 0 Å². The van der Waals surface area contributed by atoms with Gasteiger partial charge in [0.1, 0.15) is 19.0 Å². The minimum atomic E-state index is -0.299. The third kappa shape index (κ3) is 3.04. The molecule has 0 saturated heterocycles. The van der Waals surface area contributed by atoms with Gasteiger partial charge in [-0.2, -0.15) is 0 Å². The Kier molecular flexibility index (Phi) is 3.77. The third-order valence-corrected chi connectivity index (χ3v) is 3.65. The normalized spacial score (nSPS) is 14.8. The second kappa shape index (κ2) is 5.47. The summed E-state index contributed by atoms with van der Waals surface area (Å²) >= 11 is 0. The van der Waals surface area contributed by atoms with Crippen LogP contribution in [0.5, 0.6) is 11.5 Å². The number of imidazole rings is 1. The maximum absolute atomic E-state index is 6.25. The predicted octanol–water partition coefficient (Wildman–Crippen LogP) is 2.74. The van der Waals surface area contributed by atoms with Gasteiger partial charge in [0.2, 0.25) is 0 Å². The highest BCUT2D eigenvalue weighted by atomic mass is 16.6. The van der Waals surface area contributed by atoms with Crippen molar-refractivity contribution in [2.75, 3.05) is 13.2 Å². The van der Waals surface area contributed by atoms with E-state index in [0.717, 1.165) is 41.3 Å². The number of hydrogen-bond acceptors (Lipinski definition) is 4. The molecule has 5 nitrogen and oxygen atoms in total. The van der Waals surface area contributed by atoms with E-state index in [4.69, 9.17) is 20.2 Å². The van der Waals surface area contributed by atoms with Gasteiger partial charge in [-0.05, 0) is 19.8 Å². The number of ether oxygens (including phenoxy) is 2. The molecule has 2 heterocycles. The molecule has 5 heteroatoms. The number of benzene rings is 1. The van der Waals surface area contributed by atoms with Crippen LogP contribution >= 0.6 is 0 Å². The van der Waals surface area contributed by atoms with Crippen molar-refractivity contribution in [3.05, 3.63) is 18.0 Å². The molecule has 3 rings (SSSR count). The molecule has 1 aliphatic rings. The molecule has 22 heavy (non-hydrogen) atoms. The van der Waals surface area contributed by atoms with Crippen molar-refractivity contribution in [3.63, 3.8) is 0 Å².